The Morgan fingerprint density at radius 3 is 3.04 bits per heavy atom. The molecule has 24 heavy (non-hydrogen) atoms. The Labute approximate surface area is 142 Å². The first kappa shape index (κ1) is 16.3. The number of hydrogen-bond donors (Lipinski definition) is 2. The van der Waals surface area contributed by atoms with Crippen molar-refractivity contribution in [2.45, 2.75) is 38.6 Å². The fourth-order valence-electron chi connectivity index (χ4n) is 2.83. The highest BCUT2D eigenvalue weighted by atomic mass is 16.3. The zero-order valence-electron chi connectivity index (χ0n) is 13.8. The number of hydrogen-bond acceptors (Lipinski definition) is 4. The van der Waals surface area contributed by atoms with Crippen LogP contribution in [0.25, 0.3) is 0 Å². The number of rotatable bonds is 7. The molecule has 0 atom stereocenters. The third-order valence-electron chi connectivity index (χ3n) is 4.16. The number of furan rings is 1. The van der Waals surface area contributed by atoms with E-state index in [9.17, 15) is 4.79 Å². The third-order valence-corrected chi connectivity index (χ3v) is 4.16. The van der Waals surface area contributed by atoms with E-state index in [2.05, 4.69) is 21.7 Å². The van der Waals surface area contributed by atoms with E-state index in [-0.39, 0.29) is 5.91 Å². The Kier molecular flexibility index (Phi) is 5.66. The van der Waals surface area contributed by atoms with Crippen molar-refractivity contribution < 1.29 is 9.21 Å². The molecule has 2 aromatic heterocycles. The molecule has 126 valence electrons. The van der Waals surface area contributed by atoms with Crippen LogP contribution in [0.3, 0.4) is 0 Å². The largest absolute Gasteiger partial charge is 0.467 e. The van der Waals surface area contributed by atoms with Gasteiger partial charge in [-0.3, -0.25) is 4.79 Å². The van der Waals surface area contributed by atoms with Gasteiger partial charge in [-0.1, -0.05) is 11.6 Å². The Morgan fingerprint density at radius 2 is 2.25 bits per heavy atom. The highest BCUT2D eigenvalue weighted by Gasteiger charge is 2.08. The van der Waals surface area contributed by atoms with E-state index in [0.717, 1.165) is 24.5 Å². The summed E-state index contributed by atoms with van der Waals surface area (Å²) >= 11 is 0. The number of allylic oxidation sites excluding steroid dienone is 1. The molecular weight excluding hydrogens is 302 g/mol. The van der Waals surface area contributed by atoms with E-state index in [4.69, 9.17) is 4.42 Å². The summed E-state index contributed by atoms with van der Waals surface area (Å²) in [6.45, 7) is 1.22. The Morgan fingerprint density at radius 1 is 1.29 bits per heavy atom. The lowest BCUT2D eigenvalue weighted by atomic mass is 9.97. The van der Waals surface area contributed by atoms with E-state index in [0.29, 0.717) is 12.1 Å². The van der Waals surface area contributed by atoms with Crippen LogP contribution in [-0.2, 0) is 6.54 Å². The van der Waals surface area contributed by atoms with Crippen LogP contribution in [-0.4, -0.2) is 17.4 Å². The molecule has 0 unspecified atom stereocenters. The number of anilines is 1. The summed E-state index contributed by atoms with van der Waals surface area (Å²) < 4.78 is 5.21. The van der Waals surface area contributed by atoms with Gasteiger partial charge < -0.3 is 15.1 Å². The van der Waals surface area contributed by atoms with Gasteiger partial charge in [0.25, 0.3) is 5.91 Å². The van der Waals surface area contributed by atoms with Gasteiger partial charge in [0, 0.05) is 18.3 Å². The van der Waals surface area contributed by atoms with Crippen LogP contribution in [0.15, 0.2) is 52.8 Å². The molecule has 0 fully saturated rings. The molecule has 0 spiro atoms. The van der Waals surface area contributed by atoms with Gasteiger partial charge in [-0.05, 0) is 56.4 Å². The van der Waals surface area contributed by atoms with Crippen LogP contribution in [0.5, 0.6) is 0 Å². The zero-order chi connectivity index (χ0) is 16.6. The predicted molar refractivity (Wildman–Crippen MR) is 93.8 cm³/mol. The summed E-state index contributed by atoms with van der Waals surface area (Å²) in [5.74, 6) is 1.33. The number of nitrogens with one attached hydrogen (secondary N) is 2. The van der Waals surface area contributed by atoms with Crippen LogP contribution in [0.4, 0.5) is 5.82 Å². The topological polar surface area (TPSA) is 67.2 Å². The van der Waals surface area contributed by atoms with Crippen molar-refractivity contribution in [1.29, 1.82) is 0 Å². The second kappa shape index (κ2) is 8.34. The first-order valence-electron chi connectivity index (χ1n) is 8.50. The average Bonchev–Trinajstić information content (AvgIpc) is 3.14. The molecule has 0 aliphatic heterocycles. The molecule has 2 heterocycles. The minimum Gasteiger partial charge on any atom is -0.467 e. The zero-order valence-corrected chi connectivity index (χ0v) is 13.8. The Hall–Kier alpha value is -2.56. The Balaban J connectivity index is 1.49. The summed E-state index contributed by atoms with van der Waals surface area (Å²) in [7, 11) is 0. The fraction of sp³-hybridized carbons (Fsp3) is 0.368. The van der Waals surface area contributed by atoms with E-state index in [1.807, 2.05) is 6.07 Å². The highest BCUT2D eigenvalue weighted by molar-refractivity contribution is 5.94. The number of nitrogens with zero attached hydrogens (tertiary/aromatic N) is 1. The highest BCUT2D eigenvalue weighted by Crippen LogP contribution is 2.20. The van der Waals surface area contributed by atoms with Crippen LogP contribution in [0, 0.1) is 0 Å². The molecule has 2 aromatic rings. The van der Waals surface area contributed by atoms with Crippen molar-refractivity contribution in [3.05, 3.63) is 59.7 Å². The van der Waals surface area contributed by atoms with Gasteiger partial charge in [0.15, 0.2) is 0 Å². The standard InChI is InChI=1S/C19H23N3O2/c23-19(22-14-17-7-4-12-24-17)16-9-11-21-18(13-16)20-10-8-15-5-2-1-3-6-15/h4-5,7,9,11-13H,1-3,6,8,10,14H2,(H,20,21)(H,22,23). The van der Waals surface area contributed by atoms with Gasteiger partial charge in [0.1, 0.15) is 11.6 Å². The van der Waals surface area contributed by atoms with E-state index < -0.39 is 0 Å². The van der Waals surface area contributed by atoms with Gasteiger partial charge in [0.05, 0.1) is 12.8 Å². The maximum absolute atomic E-state index is 12.2. The molecule has 0 radical (unpaired) electrons. The summed E-state index contributed by atoms with van der Waals surface area (Å²) in [5.41, 5.74) is 2.12. The molecule has 1 aliphatic carbocycles. The van der Waals surface area contributed by atoms with Crippen LogP contribution in [0.2, 0.25) is 0 Å². The molecule has 2 N–H and O–H groups in total. The second-order valence-electron chi connectivity index (χ2n) is 5.98. The number of pyridine rings is 1. The molecule has 0 saturated heterocycles. The SMILES string of the molecule is O=C(NCc1ccco1)c1ccnc(NCCC2=CCCCC2)c1. The molecular formula is C19H23N3O2. The van der Waals surface area contributed by atoms with Crippen molar-refractivity contribution in [2.75, 3.05) is 11.9 Å². The van der Waals surface area contributed by atoms with Crippen molar-refractivity contribution >= 4 is 11.7 Å². The first-order valence-corrected chi connectivity index (χ1v) is 8.50. The lowest BCUT2D eigenvalue weighted by Gasteiger charge is -2.13. The van der Waals surface area contributed by atoms with Crippen molar-refractivity contribution in [3.63, 3.8) is 0 Å². The summed E-state index contributed by atoms with van der Waals surface area (Å²) in [6, 6.07) is 7.14. The summed E-state index contributed by atoms with van der Waals surface area (Å²) in [4.78, 5) is 16.5. The van der Waals surface area contributed by atoms with Gasteiger partial charge in [-0.25, -0.2) is 4.98 Å². The molecule has 0 saturated carbocycles. The summed E-state index contributed by atoms with van der Waals surface area (Å²) in [6.07, 6.45) is 11.7. The molecule has 0 aromatic carbocycles. The third kappa shape index (κ3) is 4.72. The van der Waals surface area contributed by atoms with Gasteiger partial charge >= 0.3 is 0 Å². The van der Waals surface area contributed by atoms with Gasteiger partial charge in [0.2, 0.25) is 0 Å². The minimum absolute atomic E-state index is 0.133. The fourth-order valence-corrected chi connectivity index (χ4v) is 2.83. The van der Waals surface area contributed by atoms with E-state index in [1.165, 1.54) is 31.3 Å². The predicted octanol–water partition coefficient (Wildman–Crippen LogP) is 3.91. The van der Waals surface area contributed by atoms with Gasteiger partial charge in [-0.2, -0.15) is 0 Å². The second-order valence-corrected chi connectivity index (χ2v) is 5.98. The van der Waals surface area contributed by atoms with Crippen LogP contribution in [0.1, 0.15) is 48.2 Å². The average molecular weight is 325 g/mol. The first-order chi connectivity index (χ1) is 11.8. The van der Waals surface area contributed by atoms with Crippen molar-refractivity contribution in [1.82, 2.24) is 10.3 Å². The van der Waals surface area contributed by atoms with Crippen molar-refractivity contribution in [2.24, 2.45) is 0 Å². The van der Waals surface area contributed by atoms with Crippen LogP contribution < -0.4 is 10.6 Å². The number of amides is 1. The number of carbonyl (C=O) groups is 1. The van der Waals surface area contributed by atoms with E-state index in [1.54, 1.807) is 30.7 Å². The lowest BCUT2D eigenvalue weighted by Crippen LogP contribution is -2.22. The summed E-state index contributed by atoms with van der Waals surface area (Å²) in [5, 5.41) is 6.15. The minimum atomic E-state index is -0.133. The number of aromatic nitrogens is 1. The van der Waals surface area contributed by atoms with Crippen molar-refractivity contribution in [3.8, 4) is 0 Å². The molecule has 1 aliphatic rings. The monoisotopic (exact) mass is 325 g/mol. The molecule has 3 rings (SSSR count). The molecule has 0 bridgehead atoms. The van der Waals surface area contributed by atoms with Gasteiger partial charge in [-0.15, -0.1) is 0 Å². The molecule has 5 nitrogen and oxygen atoms in total. The lowest BCUT2D eigenvalue weighted by molar-refractivity contribution is 0.0948. The maximum Gasteiger partial charge on any atom is 0.251 e. The smallest absolute Gasteiger partial charge is 0.251 e. The molecule has 5 heteroatoms. The molecule has 1 amide bonds. The normalized spacial score (nSPS) is 14.1. The Bertz CT molecular complexity index is 692. The van der Waals surface area contributed by atoms with E-state index >= 15 is 0 Å². The maximum atomic E-state index is 12.2. The number of carbonyl (C=O) groups excluding carboxylic acids is 1. The quantitative estimate of drug-likeness (QED) is 0.758. The van der Waals surface area contributed by atoms with Crippen LogP contribution >= 0.6 is 0 Å².